The molecule has 0 saturated heterocycles. The van der Waals surface area contributed by atoms with Gasteiger partial charge < -0.3 is 14.0 Å². The fraction of sp³-hybridized carbons (Fsp3) is 0.444. The maximum atomic E-state index is 5.92. The van der Waals surface area contributed by atoms with Crippen molar-refractivity contribution in [1.29, 1.82) is 0 Å². The molecule has 0 fully saturated rings. The first-order valence-corrected chi connectivity index (χ1v) is 9.20. The molecule has 0 aliphatic heterocycles. The van der Waals surface area contributed by atoms with Gasteiger partial charge in [0.25, 0.3) is 0 Å². The van der Waals surface area contributed by atoms with Gasteiger partial charge in [0.05, 0.1) is 24.6 Å². The number of hydrogen-bond donors (Lipinski definition) is 0. The van der Waals surface area contributed by atoms with Crippen LogP contribution in [0.3, 0.4) is 0 Å². The zero-order chi connectivity index (χ0) is 20.6. The Morgan fingerprint density at radius 2 is 1.97 bits per heavy atom. The van der Waals surface area contributed by atoms with E-state index in [1.54, 1.807) is 28.5 Å². The molecular formula is C18H22N8O3. The highest BCUT2D eigenvalue weighted by Gasteiger charge is 2.24. The number of fused-ring (bicyclic) bond motifs is 1. The lowest BCUT2D eigenvalue weighted by molar-refractivity contribution is 0.226. The molecule has 0 spiro atoms. The molecule has 0 aromatic carbocycles. The average Bonchev–Trinajstić information content (AvgIpc) is 3.38. The largest absolute Gasteiger partial charge is 0.470 e. The summed E-state index contributed by atoms with van der Waals surface area (Å²) in [6, 6.07) is 3.54. The van der Waals surface area contributed by atoms with Crippen LogP contribution in [0.4, 0.5) is 0 Å². The van der Waals surface area contributed by atoms with E-state index in [2.05, 4.69) is 51.5 Å². The Balaban J connectivity index is 1.77. The molecule has 11 nitrogen and oxygen atoms in total. The second kappa shape index (κ2) is 7.15. The second-order valence-corrected chi connectivity index (χ2v) is 7.51. The summed E-state index contributed by atoms with van der Waals surface area (Å²) < 4.78 is 19.7. The number of hydrogen-bond acceptors (Lipinski definition) is 9. The van der Waals surface area contributed by atoms with E-state index in [1.165, 1.54) is 0 Å². The lowest BCUT2D eigenvalue weighted by atomic mass is 9.88. The monoisotopic (exact) mass is 398 g/mol. The zero-order valence-corrected chi connectivity index (χ0v) is 16.9. The maximum Gasteiger partial charge on any atom is 0.311 e. The molecule has 4 aromatic heterocycles. The zero-order valence-electron chi connectivity index (χ0n) is 16.9. The van der Waals surface area contributed by atoms with Crippen LogP contribution in [0.25, 0.3) is 17.2 Å². The van der Waals surface area contributed by atoms with Crippen molar-refractivity contribution in [1.82, 2.24) is 40.0 Å². The van der Waals surface area contributed by atoms with Crippen molar-refractivity contribution in [3.63, 3.8) is 0 Å². The van der Waals surface area contributed by atoms with E-state index in [0.717, 1.165) is 11.3 Å². The summed E-state index contributed by atoms with van der Waals surface area (Å²) in [5.41, 5.74) is 2.66. The van der Waals surface area contributed by atoms with Crippen molar-refractivity contribution in [2.45, 2.75) is 39.7 Å². The molecule has 0 N–H and O–H groups in total. The lowest BCUT2D eigenvalue weighted by Gasteiger charge is -2.20. The molecule has 152 valence electrons. The smallest absolute Gasteiger partial charge is 0.311 e. The molecular weight excluding hydrogens is 376 g/mol. The van der Waals surface area contributed by atoms with Crippen molar-refractivity contribution in [2.75, 3.05) is 6.61 Å². The Kier molecular flexibility index (Phi) is 4.65. The first-order chi connectivity index (χ1) is 13.9. The van der Waals surface area contributed by atoms with Gasteiger partial charge in [-0.3, -0.25) is 0 Å². The van der Waals surface area contributed by atoms with Crippen LogP contribution in [-0.4, -0.2) is 46.6 Å². The first kappa shape index (κ1) is 18.8. The highest BCUT2D eigenvalue weighted by molar-refractivity contribution is 5.59. The second-order valence-electron chi connectivity index (χ2n) is 7.51. The van der Waals surface area contributed by atoms with E-state index in [0.29, 0.717) is 35.6 Å². The SMILES string of the molecule is CCOc1cc(-c2nnc3c(C(C)(C)C)cc(OCc4cnnn4C)nn23)no1. The van der Waals surface area contributed by atoms with Crippen LogP contribution in [0.1, 0.15) is 39.0 Å². The molecule has 0 radical (unpaired) electrons. The number of aromatic nitrogens is 8. The van der Waals surface area contributed by atoms with Gasteiger partial charge in [-0.25, -0.2) is 4.68 Å². The minimum atomic E-state index is -0.207. The van der Waals surface area contributed by atoms with Crippen LogP contribution >= 0.6 is 0 Å². The molecule has 4 heterocycles. The summed E-state index contributed by atoms with van der Waals surface area (Å²) in [6.07, 6.45) is 1.65. The molecule has 0 bridgehead atoms. The summed E-state index contributed by atoms with van der Waals surface area (Å²) in [5, 5.41) is 25.0. The van der Waals surface area contributed by atoms with Crippen LogP contribution in [0, 0.1) is 0 Å². The van der Waals surface area contributed by atoms with E-state index in [4.69, 9.17) is 14.0 Å². The summed E-state index contributed by atoms with van der Waals surface area (Å²) >= 11 is 0. The molecule has 0 atom stereocenters. The van der Waals surface area contributed by atoms with Gasteiger partial charge in [0.1, 0.15) is 6.61 Å². The first-order valence-electron chi connectivity index (χ1n) is 9.20. The minimum absolute atomic E-state index is 0.207. The molecule has 29 heavy (non-hydrogen) atoms. The Morgan fingerprint density at radius 1 is 1.14 bits per heavy atom. The van der Waals surface area contributed by atoms with Crippen LogP contribution in [0.5, 0.6) is 11.8 Å². The predicted octanol–water partition coefficient (Wildman–Crippen LogP) is 2.18. The van der Waals surface area contributed by atoms with Crippen molar-refractivity contribution in [3.05, 3.63) is 29.6 Å². The quantitative estimate of drug-likeness (QED) is 0.481. The minimum Gasteiger partial charge on any atom is -0.470 e. The van der Waals surface area contributed by atoms with Gasteiger partial charge >= 0.3 is 5.95 Å². The normalized spacial score (nSPS) is 11.9. The Labute approximate surface area is 166 Å². The van der Waals surface area contributed by atoms with Crippen molar-refractivity contribution < 1.29 is 14.0 Å². The molecule has 0 aliphatic carbocycles. The molecule has 4 rings (SSSR count). The number of nitrogens with zero attached hydrogens (tertiary/aromatic N) is 8. The summed E-state index contributed by atoms with van der Waals surface area (Å²) in [7, 11) is 1.81. The van der Waals surface area contributed by atoms with E-state index in [1.807, 2.05) is 13.0 Å². The van der Waals surface area contributed by atoms with Gasteiger partial charge in [0.2, 0.25) is 11.7 Å². The molecule has 0 amide bonds. The van der Waals surface area contributed by atoms with E-state index in [-0.39, 0.29) is 12.0 Å². The highest BCUT2D eigenvalue weighted by atomic mass is 16.6. The Bertz CT molecular complexity index is 1140. The van der Waals surface area contributed by atoms with E-state index >= 15 is 0 Å². The Hall–Kier alpha value is -3.50. The van der Waals surface area contributed by atoms with Gasteiger partial charge in [0.15, 0.2) is 11.3 Å². The van der Waals surface area contributed by atoms with E-state index < -0.39 is 0 Å². The molecule has 0 unspecified atom stereocenters. The predicted molar refractivity (Wildman–Crippen MR) is 101 cm³/mol. The summed E-state index contributed by atoms with van der Waals surface area (Å²) in [4.78, 5) is 0. The number of rotatable bonds is 6. The van der Waals surface area contributed by atoms with Crippen molar-refractivity contribution in [3.8, 4) is 23.3 Å². The standard InChI is InChI=1S/C18H22N8O3/c1-6-27-15-8-13(23-29-15)17-21-20-16-12(18(2,3)4)7-14(22-26(16)17)28-10-11-9-19-24-25(11)5/h7-9H,6,10H2,1-5H3. The van der Waals surface area contributed by atoms with Gasteiger partial charge in [-0.2, -0.15) is 4.52 Å². The van der Waals surface area contributed by atoms with Crippen LogP contribution < -0.4 is 9.47 Å². The maximum absolute atomic E-state index is 5.92. The van der Waals surface area contributed by atoms with Gasteiger partial charge in [0, 0.05) is 18.7 Å². The van der Waals surface area contributed by atoms with E-state index in [9.17, 15) is 0 Å². The average molecular weight is 398 g/mol. The van der Waals surface area contributed by atoms with Crippen molar-refractivity contribution >= 4 is 5.65 Å². The molecule has 4 aromatic rings. The van der Waals surface area contributed by atoms with Crippen LogP contribution in [0.15, 0.2) is 22.9 Å². The fourth-order valence-electron chi connectivity index (χ4n) is 2.80. The molecule has 11 heteroatoms. The topological polar surface area (TPSA) is 118 Å². The Morgan fingerprint density at radius 3 is 2.66 bits per heavy atom. The number of ether oxygens (including phenoxy) is 2. The van der Waals surface area contributed by atoms with Gasteiger partial charge in [-0.05, 0) is 12.3 Å². The molecule has 0 aliphatic rings. The molecule has 0 saturated carbocycles. The third-order valence-corrected chi connectivity index (χ3v) is 4.34. The third-order valence-electron chi connectivity index (χ3n) is 4.34. The van der Waals surface area contributed by atoms with Crippen LogP contribution in [0.2, 0.25) is 0 Å². The van der Waals surface area contributed by atoms with Gasteiger partial charge in [-0.1, -0.05) is 31.1 Å². The fourth-order valence-corrected chi connectivity index (χ4v) is 2.80. The lowest BCUT2D eigenvalue weighted by Crippen LogP contribution is -2.15. The summed E-state index contributed by atoms with van der Waals surface area (Å²) in [6.45, 7) is 8.90. The van der Waals surface area contributed by atoms with Crippen LogP contribution in [-0.2, 0) is 19.1 Å². The number of aryl methyl sites for hydroxylation is 1. The summed E-state index contributed by atoms with van der Waals surface area (Å²) in [5.74, 6) is 1.18. The third kappa shape index (κ3) is 3.62. The highest BCUT2D eigenvalue weighted by Crippen LogP contribution is 2.30. The van der Waals surface area contributed by atoms with Crippen molar-refractivity contribution in [2.24, 2.45) is 7.05 Å². The van der Waals surface area contributed by atoms with Gasteiger partial charge in [-0.15, -0.1) is 20.4 Å².